The number of nitrogen functional groups attached to an aromatic ring is 1. The van der Waals surface area contributed by atoms with Crippen LogP contribution in [-0.4, -0.2) is 22.9 Å². The minimum Gasteiger partial charge on any atom is -0.394 e. The van der Waals surface area contributed by atoms with Crippen LogP contribution in [0.4, 0.5) is 11.5 Å². The Labute approximate surface area is 91.1 Å². The number of hydrogen-bond acceptors (Lipinski definition) is 3. The van der Waals surface area contributed by atoms with Gasteiger partial charge in [-0.25, -0.2) is 0 Å². The SMILES string of the molecule is Cc1nn(C)c(N2CCC(C)(C)C2)c1N. The molecule has 1 aromatic rings. The Bertz CT molecular complexity index is 378. The molecule has 0 unspecified atom stereocenters. The largest absolute Gasteiger partial charge is 0.394 e. The summed E-state index contributed by atoms with van der Waals surface area (Å²) in [5.41, 5.74) is 8.20. The first-order valence-electron chi connectivity index (χ1n) is 5.45. The van der Waals surface area contributed by atoms with Crippen molar-refractivity contribution in [2.24, 2.45) is 12.5 Å². The maximum atomic E-state index is 6.05. The molecule has 1 saturated heterocycles. The quantitative estimate of drug-likeness (QED) is 0.761. The zero-order chi connectivity index (χ0) is 11.2. The van der Waals surface area contributed by atoms with Crippen molar-refractivity contribution in [2.75, 3.05) is 23.7 Å². The molecule has 15 heavy (non-hydrogen) atoms. The van der Waals surface area contributed by atoms with E-state index in [1.165, 1.54) is 6.42 Å². The second-order valence-electron chi connectivity index (χ2n) is 5.28. The van der Waals surface area contributed by atoms with Crippen molar-refractivity contribution in [3.63, 3.8) is 0 Å². The van der Waals surface area contributed by atoms with Gasteiger partial charge in [-0.3, -0.25) is 4.68 Å². The molecule has 0 saturated carbocycles. The fourth-order valence-corrected chi connectivity index (χ4v) is 2.33. The van der Waals surface area contributed by atoms with E-state index in [0.717, 1.165) is 30.3 Å². The second kappa shape index (κ2) is 3.15. The van der Waals surface area contributed by atoms with E-state index in [4.69, 9.17) is 5.73 Å². The maximum absolute atomic E-state index is 6.05. The summed E-state index contributed by atoms with van der Waals surface area (Å²) in [6.45, 7) is 8.70. The second-order valence-corrected chi connectivity index (χ2v) is 5.28. The molecule has 1 aliphatic rings. The predicted molar refractivity (Wildman–Crippen MR) is 63.0 cm³/mol. The van der Waals surface area contributed by atoms with E-state index in [2.05, 4.69) is 23.8 Å². The van der Waals surface area contributed by atoms with Crippen LogP contribution in [0.15, 0.2) is 0 Å². The maximum Gasteiger partial charge on any atom is 0.150 e. The van der Waals surface area contributed by atoms with Gasteiger partial charge in [-0.15, -0.1) is 0 Å². The molecule has 4 nitrogen and oxygen atoms in total. The van der Waals surface area contributed by atoms with Crippen molar-refractivity contribution in [3.8, 4) is 0 Å². The van der Waals surface area contributed by atoms with Gasteiger partial charge in [-0.05, 0) is 18.8 Å². The molecule has 1 aromatic heterocycles. The Morgan fingerprint density at radius 3 is 2.47 bits per heavy atom. The van der Waals surface area contributed by atoms with E-state index in [-0.39, 0.29) is 0 Å². The first-order valence-corrected chi connectivity index (χ1v) is 5.45. The molecule has 0 radical (unpaired) electrons. The van der Waals surface area contributed by atoms with Crippen LogP contribution in [0.3, 0.4) is 0 Å². The Kier molecular flexibility index (Phi) is 2.17. The fourth-order valence-electron chi connectivity index (χ4n) is 2.33. The molecule has 0 bridgehead atoms. The molecule has 0 amide bonds. The molecule has 0 aliphatic carbocycles. The number of aromatic nitrogens is 2. The molecule has 0 atom stereocenters. The highest BCUT2D eigenvalue weighted by atomic mass is 15.4. The third-order valence-electron chi connectivity index (χ3n) is 3.21. The van der Waals surface area contributed by atoms with Crippen molar-refractivity contribution in [1.29, 1.82) is 0 Å². The zero-order valence-corrected chi connectivity index (χ0v) is 10.0. The predicted octanol–water partition coefficient (Wildman–Crippen LogP) is 1.55. The van der Waals surface area contributed by atoms with Gasteiger partial charge in [-0.2, -0.15) is 5.10 Å². The summed E-state index contributed by atoms with van der Waals surface area (Å²) < 4.78 is 1.89. The van der Waals surface area contributed by atoms with Gasteiger partial charge in [0.1, 0.15) is 5.82 Å². The van der Waals surface area contributed by atoms with Crippen LogP contribution in [0.25, 0.3) is 0 Å². The fraction of sp³-hybridized carbons (Fsp3) is 0.727. The van der Waals surface area contributed by atoms with Crippen molar-refractivity contribution in [2.45, 2.75) is 27.2 Å². The van der Waals surface area contributed by atoms with Gasteiger partial charge >= 0.3 is 0 Å². The van der Waals surface area contributed by atoms with Crippen LogP contribution in [0.5, 0.6) is 0 Å². The molecule has 1 aliphatic heterocycles. The van der Waals surface area contributed by atoms with Crippen LogP contribution in [0.1, 0.15) is 26.0 Å². The third kappa shape index (κ3) is 1.68. The van der Waals surface area contributed by atoms with Crippen LogP contribution < -0.4 is 10.6 Å². The van der Waals surface area contributed by atoms with Crippen molar-refractivity contribution in [3.05, 3.63) is 5.69 Å². The lowest BCUT2D eigenvalue weighted by Crippen LogP contribution is -2.25. The van der Waals surface area contributed by atoms with Crippen LogP contribution in [-0.2, 0) is 7.05 Å². The Morgan fingerprint density at radius 1 is 1.40 bits per heavy atom. The number of aryl methyl sites for hydroxylation is 2. The standard InChI is InChI=1S/C11H20N4/c1-8-9(12)10(14(4)13-8)15-6-5-11(2,3)7-15/h5-7,12H2,1-4H3. The number of rotatable bonds is 1. The summed E-state index contributed by atoms with van der Waals surface area (Å²) >= 11 is 0. The van der Waals surface area contributed by atoms with E-state index in [0.29, 0.717) is 5.41 Å². The third-order valence-corrected chi connectivity index (χ3v) is 3.21. The van der Waals surface area contributed by atoms with Gasteiger partial charge in [0.25, 0.3) is 0 Å². The van der Waals surface area contributed by atoms with Gasteiger partial charge in [0.2, 0.25) is 0 Å². The Hall–Kier alpha value is -1.19. The molecule has 4 heteroatoms. The average Bonchev–Trinajstić information content (AvgIpc) is 2.56. The number of nitrogens with two attached hydrogens (primary N) is 1. The van der Waals surface area contributed by atoms with Crippen molar-refractivity contribution >= 4 is 11.5 Å². The summed E-state index contributed by atoms with van der Waals surface area (Å²) in [7, 11) is 1.96. The zero-order valence-electron chi connectivity index (χ0n) is 10.0. The van der Waals surface area contributed by atoms with Gasteiger partial charge < -0.3 is 10.6 Å². The lowest BCUT2D eigenvalue weighted by Gasteiger charge is -2.21. The molecule has 0 spiro atoms. The van der Waals surface area contributed by atoms with E-state index in [9.17, 15) is 0 Å². The normalized spacial score (nSPS) is 19.9. The average molecular weight is 208 g/mol. The van der Waals surface area contributed by atoms with Crippen molar-refractivity contribution < 1.29 is 0 Å². The van der Waals surface area contributed by atoms with Gasteiger partial charge in [0, 0.05) is 20.1 Å². The van der Waals surface area contributed by atoms with Gasteiger partial charge in [0.15, 0.2) is 0 Å². The van der Waals surface area contributed by atoms with E-state index in [1.807, 2.05) is 18.7 Å². The monoisotopic (exact) mass is 208 g/mol. The highest BCUT2D eigenvalue weighted by Crippen LogP contribution is 2.35. The summed E-state index contributed by atoms with van der Waals surface area (Å²) in [5, 5.41) is 4.35. The minimum atomic E-state index is 0.393. The highest BCUT2D eigenvalue weighted by molar-refractivity contribution is 5.66. The molecular weight excluding hydrogens is 188 g/mol. The minimum absolute atomic E-state index is 0.393. The number of nitrogens with zero attached hydrogens (tertiary/aromatic N) is 3. The van der Waals surface area contributed by atoms with E-state index in [1.54, 1.807) is 0 Å². The summed E-state index contributed by atoms with van der Waals surface area (Å²) in [6.07, 6.45) is 1.22. The van der Waals surface area contributed by atoms with Gasteiger partial charge in [0.05, 0.1) is 11.4 Å². The topological polar surface area (TPSA) is 47.1 Å². The van der Waals surface area contributed by atoms with Crippen LogP contribution in [0, 0.1) is 12.3 Å². The van der Waals surface area contributed by atoms with Crippen LogP contribution >= 0.6 is 0 Å². The molecular formula is C11H20N4. The van der Waals surface area contributed by atoms with E-state index < -0.39 is 0 Å². The first kappa shape index (κ1) is 10.3. The molecule has 2 rings (SSSR count). The lowest BCUT2D eigenvalue weighted by molar-refractivity contribution is 0.418. The summed E-state index contributed by atoms with van der Waals surface area (Å²) in [4.78, 5) is 2.34. The molecule has 0 aromatic carbocycles. The summed E-state index contributed by atoms with van der Waals surface area (Å²) in [5.74, 6) is 1.08. The number of anilines is 2. The van der Waals surface area contributed by atoms with Crippen molar-refractivity contribution in [1.82, 2.24) is 9.78 Å². The molecule has 2 N–H and O–H groups in total. The molecule has 84 valence electrons. The summed E-state index contributed by atoms with van der Waals surface area (Å²) in [6, 6.07) is 0. The molecule has 1 fully saturated rings. The lowest BCUT2D eigenvalue weighted by atomic mass is 9.93. The van der Waals surface area contributed by atoms with Crippen LogP contribution in [0.2, 0.25) is 0 Å². The number of hydrogen-bond donors (Lipinski definition) is 1. The Balaban J connectivity index is 2.31. The van der Waals surface area contributed by atoms with E-state index >= 15 is 0 Å². The van der Waals surface area contributed by atoms with Gasteiger partial charge in [-0.1, -0.05) is 13.8 Å². The highest BCUT2D eigenvalue weighted by Gasteiger charge is 2.31. The smallest absolute Gasteiger partial charge is 0.150 e. The first-order chi connectivity index (χ1) is 6.91. The molecule has 2 heterocycles. The Morgan fingerprint density at radius 2 is 2.07 bits per heavy atom.